The number of hydrogen-bond acceptors (Lipinski definition) is 6. The van der Waals surface area contributed by atoms with Crippen molar-refractivity contribution in [3.8, 4) is 0 Å². The van der Waals surface area contributed by atoms with Gasteiger partial charge < -0.3 is 9.64 Å². The van der Waals surface area contributed by atoms with Gasteiger partial charge in [0.2, 0.25) is 10.0 Å². The summed E-state index contributed by atoms with van der Waals surface area (Å²) in [7, 11) is -3.78. The summed E-state index contributed by atoms with van der Waals surface area (Å²) < 4.78 is 27.8. The van der Waals surface area contributed by atoms with Crippen molar-refractivity contribution in [1.82, 2.24) is 5.43 Å². The third-order valence-electron chi connectivity index (χ3n) is 4.09. The van der Waals surface area contributed by atoms with Crippen LogP contribution < -0.4 is 15.5 Å². The van der Waals surface area contributed by atoms with Gasteiger partial charge in [-0.05, 0) is 42.0 Å². The number of sulfonamides is 1. The molecule has 1 aliphatic rings. The van der Waals surface area contributed by atoms with Crippen LogP contribution in [0.25, 0.3) is 0 Å². The Balaban J connectivity index is 1.57. The first kappa shape index (κ1) is 19.0. The summed E-state index contributed by atoms with van der Waals surface area (Å²) in [6, 6.07) is 13.1. The van der Waals surface area contributed by atoms with Crippen LogP contribution >= 0.6 is 0 Å². The molecule has 3 N–H and O–H groups in total. The van der Waals surface area contributed by atoms with E-state index in [2.05, 4.69) is 15.4 Å². The van der Waals surface area contributed by atoms with Crippen LogP contribution in [0.15, 0.2) is 58.5 Å². The normalized spacial score (nSPS) is 15.1. The van der Waals surface area contributed by atoms with Crippen molar-refractivity contribution in [2.24, 2.45) is 10.2 Å². The summed E-state index contributed by atoms with van der Waals surface area (Å²) in [5.74, 6) is -0.447. The molecule has 1 fully saturated rings. The van der Waals surface area contributed by atoms with Gasteiger partial charge in [0.1, 0.15) is 0 Å². The molecule has 1 aliphatic heterocycles. The Morgan fingerprint density at radius 2 is 1.70 bits per heavy atom. The molecule has 1 amide bonds. The van der Waals surface area contributed by atoms with Crippen LogP contribution in [-0.4, -0.2) is 46.8 Å². The van der Waals surface area contributed by atoms with E-state index in [0.717, 1.165) is 37.6 Å². The van der Waals surface area contributed by atoms with Crippen LogP contribution in [0, 0.1) is 0 Å². The second-order valence-corrected chi connectivity index (χ2v) is 7.52. The number of benzene rings is 2. The van der Waals surface area contributed by atoms with Gasteiger partial charge in [0.15, 0.2) is 0 Å². The van der Waals surface area contributed by atoms with Gasteiger partial charge in [-0.1, -0.05) is 12.1 Å². The number of morpholine rings is 1. The maximum absolute atomic E-state index is 12.0. The fourth-order valence-electron chi connectivity index (χ4n) is 2.62. The molecule has 8 nitrogen and oxygen atoms in total. The minimum absolute atomic E-state index is 0.0529. The van der Waals surface area contributed by atoms with Crippen LogP contribution in [0.5, 0.6) is 0 Å². The molecule has 0 saturated carbocycles. The number of rotatable bonds is 5. The summed E-state index contributed by atoms with van der Waals surface area (Å²) in [6.45, 7) is 3.20. The predicted octanol–water partition coefficient (Wildman–Crippen LogP) is 0.935. The molecule has 0 radical (unpaired) electrons. The minimum atomic E-state index is -3.78. The molecule has 0 bridgehead atoms. The lowest BCUT2D eigenvalue weighted by Crippen LogP contribution is -2.36. The number of primary sulfonamides is 1. The lowest BCUT2D eigenvalue weighted by molar-refractivity contribution is 0.0955. The quantitative estimate of drug-likeness (QED) is 0.584. The van der Waals surface area contributed by atoms with Gasteiger partial charge in [0.05, 0.1) is 24.3 Å². The van der Waals surface area contributed by atoms with E-state index in [1.807, 2.05) is 24.3 Å². The molecule has 0 atom stereocenters. The second-order valence-electron chi connectivity index (χ2n) is 5.96. The summed E-state index contributed by atoms with van der Waals surface area (Å²) in [5.41, 5.74) is 4.65. The zero-order valence-electron chi connectivity index (χ0n) is 14.5. The molecule has 0 spiro atoms. The van der Waals surface area contributed by atoms with Gasteiger partial charge in [-0.25, -0.2) is 19.0 Å². The van der Waals surface area contributed by atoms with Gasteiger partial charge in [-0.2, -0.15) is 5.10 Å². The van der Waals surface area contributed by atoms with Crippen molar-refractivity contribution in [1.29, 1.82) is 0 Å². The van der Waals surface area contributed by atoms with Gasteiger partial charge in [-0.3, -0.25) is 4.79 Å². The summed E-state index contributed by atoms with van der Waals surface area (Å²) >= 11 is 0. The zero-order chi connectivity index (χ0) is 19.3. The highest BCUT2D eigenvalue weighted by atomic mass is 32.2. The van der Waals surface area contributed by atoms with Crippen LogP contribution in [0.3, 0.4) is 0 Å². The van der Waals surface area contributed by atoms with E-state index in [0.29, 0.717) is 0 Å². The Bertz CT molecular complexity index is 919. The van der Waals surface area contributed by atoms with Crippen LogP contribution in [0.4, 0.5) is 5.69 Å². The van der Waals surface area contributed by atoms with E-state index >= 15 is 0 Å². The highest BCUT2D eigenvalue weighted by molar-refractivity contribution is 7.89. The number of carbonyl (C=O) groups excluding carboxylic acids is 1. The second kappa shape index (κ2) is 8.30. The molecular formula is C18H20N4O4S. The lowest BCUT2D eigenvalue weighted by Gasteiger charge is -2.28. The fourth-order valence-corrected chi connectivity index (χ4v) is 3.13. The number of amides is 1. The smallest absolute Gasteiger partial charge is 0.271 e. The number of nitrogens with one attached hydrogen (secondary N) is 1. The fraction of sp³-hybridized carbons (Fsp3) is 0.222. The van der Waals surface area contributed by atoms with E-state index in [9.17, 15) is 13.2 Å². The highest BCUT2D eigenvalue weighted by Gasteiger charge is 2.11. The molecule has 27 heavy (non-hydrogen) atoms. The molecular weight excluding hydrogens is 368 g/mol. The van der Waals surface area contributed by atoms with E-state index in [1.54, 1.807) is 6.21 Å². The Morgan fingerprint density at radius 1 is 1.07 bits per heavy atom. The summed E-state index contributed by atoms with van der Waals surface area (Å²) in [6.07, 6.45) is 1.54. The van der Waals surface area contributed by atoms with E-state index in [4.69, 9.17) is 9.88 Å². The average molecular weight is 388 g/mol. The van der Waals surface area contributed by atoms with Crippen molar-refractivity contribution >= 4 is 27.8 Å². The molecule has 1 saturated heterocycles. The molecule has 0 unspecified atom stereocenters. The number of hydrazone groups is 1. The predicted molar refractivity (Wildman–Crippen MR) is 102 cm³/mol. The van der Waals surface area contributed by atoms with Gasteiger partial charge in [0.25, 0.3) is 5.91 Å². The topological polar surface area (TPSA) is 114 Å². The maximum atomic E-state index is 12.0. The Labute approximate surface area is 157 Å². The molecule has 2 aromatic rings. The minimum Gasteiger partial charge on any atom is -0.378 e. The number of anilines is 1. The molecule has 142 valence electrons. The van der Waals surface area contributed by atoms with Crippen LogP contribution in [0.2, 0.25) is 0 Å². The Morgan fingerprint density at radius 3 is 2.30 bits per heavy atom. The molecule has 3 rings (SSSR count). The van der Waals surface area contributed by atoms with Crippen LogP contribution in [-0.2, 0) is 14.8 Å². The molecule has 0 aromatic heterocycles. The van der Waals surface area contributed by atoms with Crippen molar-refractivity contribution in [2.45, 2.75) is 4.90 Å². The maximum Gasteiger partial charge on any atom is 0.271 e. The third kappa shape index (κ3) is 5.13. The summed E-state index contributed by atoms with van der Waals surface area (Å²) in [4.78, 5) is 14.2. The largest absolute Gasteiger partial charge is 0.378 e. The van der Waals surface area contributed by atoms with Crippen LogP contribution in [0.1, 0.15) is 15.9 Å². The number of nitrogens with zero attached hydrogens (tertiary/aromatic N) is 2. The lowest BCUT2D eigenvalue weighted by atomic mass is 10.2. The molecule has 1 heterocycles. The van der Waals surface area contributed by atoms with Crippen molar-refractivity contribution in [3.05, 3.63) is 59.7 Å². The standard InChI is InChI=1S/C18H20N4O4S/c19-27(24,25)17-7-3-15(4-8-17)18(23)21-20-13-14-1-5-16(6-2-14)22-9-11-26-12-10-22/h1-8,13H,9-12H2,(H,21,23)(H2,19,24,25)/b20-13+. The number of hydrogen-bond donors (Lipinski definition) is 2. The van der Waals surface area contributed by atoms with Crippen molar-refractivity contribution in [3.63, 3.8) is 0 Å². The summed E-state index contributed by atoms with van der Waals surface area (Å²) in [5, 5.41) is 8.95. The van der Waals surface area contributed by atoms with E-state index < -0.39 is 15.9 Å². The van der Waals surface area contributed by atoms with Gasteiger partial charge in [-0.15, -0.1) is 0 Å². The van der Waals surface area contributed by atoms with E-state index in [1.165, 1.54) is 24.3 Å². The number of ether oxygens (including phenoxy) is 1. The van der Waals surface area contributed by atoms with E-state index in [-0.39, 0.29) is 10.5 Å². The molecule has 9 heteroatoms. The van der Waals surface area contributed by atoms with Crippen molar-refractivity contribution < 1.29 is 17.9 Å². The number of nitrogens with two attached hydrogens (primary N) is 1. The first-order valence-corrected chi connectivity index (χ1v) is 9.87. The highest BCUT2D eigenvalue weighted by Crippen LogP contribution is 2.16. The molecule has 2 aromatic carbocycles. The first-order chi connectivity index (χ1) is 12.9. The van der Waals surface area contributed by atoms with Gasteiger partial charge >= 0.3 is 0 Å². The monoisotopic (exact) mass is 388 g/mol. The molecule has 0 aliphatic carbocycles. The first-order valence-electron chi connectivity index (χ1n) is 8.32. The SMILES string of the molecule is NS(=O)(=O)c1ccc(C(=O)N/N=C/c2ccc(N3CCOCC3)cc2)cc1. The van der Waals surface area contributed by atoms with Gasteiger partial charge in [0, 0.05) is 24.3 Å². The Kier molecular flexibility index (Phi) is 5.84. The zero-order valence-corrected chi connectivity index (χ0v) is 15.4. The number of carbonyl (C=O) groups is 1. The average Bonchev–Trinajstić information content (AvgIpc) is 2.68. The third-order valence-corrected chi connectivity index (χ3v) is 5.02. The van der Waals surface area contributed by atoms with Crippen molar-refractivity contribution in [2.75, 3.05) is 31.2 Å². The Hall–Kier alpha value is -2.75.